The Labute approximate surface area is 112 Å². The van der Waals surface area contributed by atoms with Crippen molar-refractivity contribution < 1.29 is 18.0 Å². The molecule has 1 heterocycles. The first-order valence-electron chi connectivity index (χ1n) is 5.70. The fourth-order valence-electron chi connectivity index (χ4n) is 1.80. The maximum Gasteiger partial charge on any atom is 0.417 e. The van der Waals surface area contributed by atoms with E-state index >= 15 is 0 Å². The molecule has 0 fully saturated rings. The minimum atomic E-state index is -4.49. The van der Waals surface area contributed by atoms with Gasteiger partial charge < -0.3 is 0 Å². The minimum absolute atomic E-state index is 0.0909. The SMILES string of the molecule is O=C(CCc1cccs1)c1ccccc1C(F)(F)F. The van der Waals surface area contributed by atoms with Gasteiger partial charge in [-0.15, -0.1) is 11.3 Å². The van der Waals surface area contributed by atoms with Gasteiger partial charge in [-0.3, -0.25) is 4.79 Å². The summed E-state index contributed by atoms with van der Waals surface area (Å²) in [6.07, 6.45) is -3.93. The lowest BCUT2D eigenvalue weighted by Crippen LogP contribution is -2.13. The molecule has 0 unspecified atom stereocenters. The summed E-state index contributed by atoms with van der Waals surface area (Å²) in [6, 6.07) is 8.65. The van der Waals surface area contributed by atoms with Crippen molar-refractivity contribution in [1.29, 1.82) is 0 Å². The van der Waals surface area contributed by atoms with Gasteiger partial charge in [-0.25, -0.2) is 0 Å². The van der Waals surface area contributed by atoms with Crippen LogP contribution in [0.4, 0.5) is 13.2 Å². The van der Waals surface area contributed by atoms with E-state index in [0.29, 0.717) is 6.42 Å². The number of aryl methyl sites for hydroxylation is 1. The monoisotopic (exact) mass is 284 g/mol. The minimum Gasteiger partial charge on any atom is -0.294 e. The van der Waals surface area contributed by atoms with Gasteiger partial charge in [-0.05, 0) is 23.9 Å². The lowest BCUT2D eigenvalue weighted by atomic mass is 10.00. The molecule has 0 atom stereocenters. The normalized spacial score (nSPS) is 11.5. The fourth-order valence-corrected chi connectivity index (χ4v) is 2.51. The van der Waals surface area contributed by atoms with Crippen LogP contribution in [0, 0.1) is 0 Å². The fraction of sp³-hybridized carbons (Fsp3) is 0.214. The average molecular weight is 284 g/mol. The maximum atomic E-state index is 12.8. The number of thiophene rings is 1. The molecule has 100 valence electrons. The van der Waals surface area contributed by atoms with Crippen molar-refractivity contribution >= 4 is 17.1 Å². The van der Waals surface area contributed by atoms with Gasteiger partial charge >= 0.3 is 6.18 Å². The van der Waals surface area contributed by atoms with E-state index in [4.69, 9.17) is 0 Å². The molecule has 0 saturated heterocycles. The second-order valence-electron chi connectivity index (χ2n) is 4.05. The predicted octanol–water partition coefficient (Wildman–Crippen LogP) is 4.58. The summed E-state index contributed by atoms with van der Waals surface area (Å²) in [5.41, 5.74) is -1.10. The molecular weight excluding hydrogens is 273 g/mol. The standard InChI is InChI=1S/C14H11F3OS/c15-14(16,17)12-6-2-1-5-11(12)13(18)8-7-10-4-3-9-19-10/h1-6,9H,7-8H2. The Morgan fingerprint density at radius 1 is 1.11 bits per heavy atom. The first-order valence-corrected chi connectivity index (χ1v) is 6.58. The van der Waals surface area contributed by atoms with Gasteiger partial charge in [-0.1, -0.05) is 24.3 Å². The molecule has 0 radical (unpaired) electrons. The molecule has 1 aromatic heterocycles. The van der Waals surface area contributed by atoms with E-state index in [2.05, 4.69) is 0 Å². The third-order valence-electron chi connectivity index (χ3n) is 2.71. The number of benzene rings is 1. The first kappa shape index (κ1) is 13.8. The molecule has 0 N–H and O–H groups in total. The maximum absolute atomic E-state index is 12.8. The highest BCUT2D eigenvalue weighted by atomic mass is 32.1. The Bertz CT molecular complexity index is 558. The molecule has 0 spiro atoms. The van der Waals surface area contributed by atoms with Crippen LogP contribution in [-0.2, 0) is 12.6 Å². The topological polar surface area (TPSA) is 17.1 Å². The van der Waals surface area contributed by atoms with E-state index in [0.717, 1.165) is 10.9 Å². The Morgan fingerprint density at radius 3 is 2.47 bits per heavy atom. The molecule has 1 nitrogen and oxygen atoms in total. The van der Waals surface area contributed by atoms with Crippen molar-refractivity contribution in [2.24, 2.45) is 0 Å². The zero-order valence-corrected chi connectivity index (χ0v) is 10.7. The van der Waals surface area contributed by atoms with Gasteiger partial charge in [0, 0.05) is 16.9 Å². The molecule has 19 heavy (non-hydrogen) atoms. The van der Waals surface area contributed by atoms with E-state index in [-0.39, 0.29) is 12.0 Å². The van der Waals surface area contributed by atoms with Crippen LogP contribution in [0.1, 0.15) is 27.2 Å². The number of hydrogen-bond acceptors (Lipinski definition) is 2. The van der Waals surface area contributed by atoms with Crippen molar-refractivity contribution in [2.45, 2.75) is 19.0 Å². The lowest BCUT2D eigenvalue weighted by molar-refractivity contribution is -0.137. The summed E-state index contributed by atoms with van der Waals surface area (Å²) in [5, 5.41) is 1.88. The van der Waals surface area contributed by atoms with Crippen molar-refractivity contribution in [2.75, 3.05) is 0 Å². The van der Waals surface area contributed by atoms with Crippen LogP contribution in [0.2, 0.25) is 0 Å². The highest BCUT2D eigenvalue weighted by molar-refractivity contribution is 7.09. The summed E-state index contributed by atoms with van der Waals surface area (Å²) in [5.74, 6) is -0.471. The number of carbonyl (C=O) groups is 1. The van der Waals surface area contributed by atoms with Gasteiger partial charge in [-0.2, -0.15) is 13.2 Å². The van der Waals surface area contributed by atoms with E-state index in [1.54, 1.807) is 0 Å². The van der Waals surface area contributed by atoms with Crippen LogP contribution in [0.3, 0.4) is 0 Å². The molecule has 0 aliphatic heterocycles. The zero-order chi connectivity index (χ0) is 13.9. The Balaban J connectivity index is 2.15. The second-order valence-corrected chi connectivity index (χ2v) is 5.08. The van der Waals surface area contributed by atoms with Crippen LogP contribution in [0.25, 0.3) is 0 Å². The predicted molar refractivity (Wildman–Crippen MR) is 68.4 cm³/mol. The molecule has 0 aliphatic carbocycles. The summed E-state index contributed by atoms with van der Waals surface area (Å²) in [7, 11) is 0. The van der Waals surface area contributed by atoms with Gasteiger partial charge in [0.25, 0.3) is 0 Å². The van der Waals surface area contributed by atoms with Gasteiger partial charge in [0.2, 0.25) is 0 Å². The number of rotatable bonds is 4. The third-order valence-corrected chi connectivity index (χ3v) is 3.65. The zero-order valence-electron chi connectivity index (χ0n) is 9.91. The highest BCUT2D eigenvalue weighted by Gasteiger charge is 2.34. The van der Waals surface area contributed by atoms with Crippen LogP contribution in [-0.4, -0.2) is 5.78 Å². The molecule has 2 rings (SSSR count). The molecule has 5 heteroatoms. The van der Waals surface area contributed by atoms with E-state index < -0.39 is 17.5 Å². The molecular formula is C14H11F3OS. The number of carbonyl (C=O) groups excluding carboxylic acids is 1. The molecule has 0 amide bonds. The molecule has 2 aromatic rings. The average Bonchev–Trinajstić information content (AvgIpc) is 2.88. The highest BCUT2D eigenvalue weighted by Crippen LogP contribution is 2.32. The summed E-state index contributed by atoms with van der Waals surface area (Å²) in [4.78, 5) is 12.9. The third kappa shape index (κ3) is 3.44. The quantitative estimate of drug-likeness (QED) is 0.751. The summed E-state index contributed by atoms with van der Waals surface area (Å²) >= 11 is 1.50. The van der Waals surface area contributed by atoms with Gasteiger partial charge in [0.05, 0.1) is 5.56 Å². The van der Waals surface area contributed by atoms with Crippen molar-refractivity contribution in [1.82, 2.24) is 0 Å². The number of halogens is 3. The molecule has 0 bridgehead atoms. The number of alkyl halides is 3. The van der Waals surface area contributed by atoms with E-state index in [9.17, 15) is 18.0 Å². The molecule has 0 aliphatic rings. The van der Waals surface area contributed by atoms with E-state index in [1.165, 1.54) is 29.5 Å². The van der Waals surface area contributed by atoms with Crippen LogP contribution < -0.4 is 0 Å². The Morgan fingerprint density at radius 2 is 1.84 bits per heavy atom. The Hall–Kier alpha value is -1.62. The first-order chi connectivity index (χ1) is 8.98. The molecule has 0 saturated carbocycles. The number of ketones is 1. The van der Waals surface area contributed by atoms with Crippen LogP contribution in [0.5, 0.6) is 0 Å². The van der Waals surface area contributed by atoms with Gasteiger partial charge in [0.15, 0.2) is 5.78 Å². The summed E-state index contributed by atoms with van der Waals surface area (Å²) < 4.78 is 38.3. The Kier molecular flexibility index (Phi) is 4.04. The number of Topliss-reactive ketones (excluding diaryl/α,β-unsaturated/α-hetero) is 1. The largest absolute Gasteiger partial charge is 0.417 e. The second kappa shape index (κ2) is 5.57. The van der Waals surface area contributed by atoms with Crippen molar-refractivity contribution in [3.63, 3.8) is 0 Å². The van der Waals surface area contributed by atoms with Crippen LogP contribution in [0.15, 0.2) is 41.8 Å². The lowest BCUT2D eigenvalue weighted by Gasteiger charge is -2.11. The van der Waals surface area contributed by atoms with Crippen molar-refractivity contribution in [3.8, 4) is 0 Å². The van der Waals surface area contributed by atoms with E-state index in [1.807, 2.05) is 17.5 Å². The van der Waals surface area contributed by atoms with Gasteiger partial charge in [0.1, 0.15) is 0 Å². The molecule has 1 aromatic carbocycles. The van der Waals surface area contributed by atoms with Crippen LogP contribution >= 0.6 is 11.3 Å². The smallest absolute Gasteiger partial charge is 0.294 e. The van der Waals surface area contributed by atoms with Crippen molar-refractivity contribution in [3.05, 3.63) is 57.8 Å². The number of hydrogen-bond donors (Lipinski definition) is 0. The summed E-state index contributed by atoms with van der Waals surface area (Å²) in [6.45, 7) is 0.